The molecule has 0 bridgehead atoms. The van der Waals surface area contributed by atoms with E-state index >= 15 is 0 Å². The van der Waals surface area contributed by atoms with E-state index in [0.29, 0.717) is 22.9 Å². The van der Waals surface area contributed by atoms with Crippen LogP contribution in [0.1, 0.15) is 5.01 Å². The number of carbonyl (C=O) groups excluding carboxylic acids is 1. The Balaban J connectivity index is 1.33. The predicted molar refractivity (Wildman–Crippen MR) is 137 cm³/mol. The van der Waals surface area contributed by atoms with E-state index in [4.69, 9.17) is 9.47 Å². The molecule has 2 N–H and O–H groups in total. The number of thiazole rings is 1. The van der Waals surface area contributed by atoms with E-state index in [0.717, 1.165) is 16.3 Å². The van der Waals surface area contributed by atoms with Crippen molar-refractivity contribution in [2.24, 2.45) is 0 Å². The lowest BCUT2D eigenvalue weighted by molar-refractivity contribution is -0.118. The fourth-order valence-corrected chi connectivity index (χ4v) is 4.87. The molecule has 3 aromatic carbocycles. The van der Waals surface area contributed by atoms with Crippen LogP contribution in [0.25, 0.3) is 11.3 Å². The van der Waals surface area contributed by atoms with Crippen molar-refractivity contribution >= 4 is 38.6 Å². The van der Waals surface area contributed by atoms with E-state index in [9.17, 15) is 13.2 Å². The zero-order chi connectivity index (χ0) is 24.8. The van der Waals surface area contributed by atoms with Crippen LogP contribution in [0, 0.1) is 6.92 Å². The number of aromatic nitrogens is 1. The summed E-state index contributed by atoms with van der Waals surface area (Å²) in [5.41, 5.74) is 2.81. The van der Waals surface area contributed by atoms with E-state index in [2.05, 4.69) is 15.0 Å². The first kappa shape index (κ1) is 24.2. The molecule has 8 nitrogen and oxygen atoms in total. The SMILES string of the molecule is COc1ccc(NS(=O)(=O)c2ccc(OCC(=O)Nc3cccc(-c4csc(C)n4)c3)cc2)cc1. The molecule has 4 rings (SSSR count). The summed E-state index contributed by atoms with van der Waals surface area (Å²) in [6.45, 7) is 1.72. The van der Waals surface area contributed by atoms with Crippen LogP contribution >= 0.6 is 11.3 Å². The quantitative estimate of drug-likeness (QED) is 0.331. The summed E-state index contributed by atoms with van der Waals surface area (Å²) in [5, 5.41) is 5.74. The molecule has 4 aromatic rings. The molecule has 0 aliphatic rings. The average Bonchev–Trinajstić information content (AvgIpc) is 3.30. The Bertz CT molecular complexity index is 1420. The van der Waals surface area contributed by atoms with Gasteiger partial charge in [-0.2, -0.15) is 0 Å². The number of methoxy groups -OCH3 is 1. The summed E-state index contributed by atoms with van der Waals surface area (Å²) >= 11 is 1.56. The van der Waals surface area contributed by atoms with E-state index < -0.39 is 10.0 Å². The number of anilines is 2. The van der Waals surface area contributed by atoms with Crippen molar-refractivity contribution in [3.8, 4) is 22.8 Å². The van der Waals surface area contributed by atoms with Gasteiger partial charge in [-0.1, -0.05) is 12.1 Å². The van der Waals surface area contributed by atoms with Gasteiger partial charge in [-0.25, -0.2) is 13.4 Å². The molecule has 0 saturated carbocycles. The summed E-state index contributed by atoms with van der Waals surface area (Å²) in [6.07, 6.45) is 0. The van der Waals surface area contributed by atoms with Crippen LogP contribution in [0.4, 0.5) is 11.4 Å². The second-order valence-electron chi connectivity index (χ2n) is 7.47. The third kappa shape index (κ3) is 6.37. The third-order valence-electron chi connectivity index (χ3n) is 4.91. The van der Waals surface area contributed by atoms with Crippen LogP contribution in [0.3, 0.4) is 0 Å². The maximum Gasteiger partial charge on any atom is 0.262 e. The van der Waals surface area contributed by atoms with Crippen LogP contribution in [0.15, 0.2) is 83.1 Å². The molecule has 10 heteroatoms. The van der Waals surface area contributed by atoms with Gasteiger partial charge in [0.25, 0.3) is 15.9 Å². The number of rotatable bonds is 9. The first-order chi connectivity index (χ1) is 16.8. The molecule has 0 atom stereocenters. The third-order valence-corrected chi connectivity index (χ3v) is 7.08. The summed E-state index contributed by atoms with van der Waals surface area (Å²) in [4.78, 5) is 16.9. The molecule has 35 heavy (non-hydrogen) atoms. The molecule has 0 unspecified atom stereocenters. The minimum absolute atomic E-state index is 0.0687. The van der Waals surface area contributed by atoms with Crippen LogP contribution < -0.4 is 19.5 Å². The second kappa shape index (κ2) is 10.6. The minimum atomic E-state index is -3.78. The maximum atomic E-state index is 12.6. The summed E-state index contributed by atoms with van der Waals surface area (Å²) in [5.74, 6) is 0.658. The fourth-order valence-electron chi connectivity index (χ4n) is 3.19. The summed E-state index contributed by atoms with van der Waals surface area (Å²) in [7, 11) is -2.24. The lowest BCUT2D eigenvalue weighted by Gasteiger charge is -2.11. The highest BCUT2D eigenvalue weighted by atomic mass is 32.2. The Labute approximate surface area is 207 Å². The van der Waals surface area contributed by atoms with Crippen LogP contribution in [0.2, 0.25) is 0 Å². The predicted octanol–water partition coefficient (Wildman–Crippen LogP) is 4.95. The summed E-state index contributed by atoms with van der Waals surface area (Å²) < 4.78 is 38.3. The van der Waals surface area contributed by atoms with Gasteiger partial charge in [-0.05, 0) is 67.6 Å². The average molecular weight is 510 g/mol. The van der Waals surface area contributed by atoms with E-state index in [-0.39, 0.29) is 17.4 Å². The number of carbonyl (C=O) groups is 1. The maximum absolute atomic E-state index is 12.6. The van der Waals surface area contributed by atoms with Gasteiger partial charge in [0, 0.05) is 22.3 Å². The Morgan fingerprint density at radius 3 is 2.34 bits per heavy atom. The van der Waals surface area contributed by atoms with Crippen molar-refractivity contribution in [2.45, 2.75) is 11.8 Å². The Morgan fingerprint density at radius 2 is 1.69 bits per heavy atom. The number of hydrogen-bond donors (Lipinski definition) is 2. The monoisotopic (exact) mass is 509 g/mol. The van der Waals surface area contributed by atoms with Crippen molar-refractivity contribution in [1.29, 1.82) is 0 Å². The van der Waals surface area contributed by atoms with Gasteiger partial charge in [-0.3, -0.25) is 9.52 Å². The summed E-state index contributed by atoms with van der Waals surface area (Å²) in [6, 6.07) is 19.8. The molecule has 0 aliphatic carbocycles. The van der Waals surface area contributed by atoms with E-state index in [1.54, 1.807) is 41.7 Å². The molecule has 0 radical (unpaired) electrons. The number of sulfonamides is 1. The van der Waals surface area contributed by atoms with E-state index in [1.165, 1.54) is 31.4 Å². The standard InChI is InChI=1S/C25H23N3O5S2/c1-17-26-24(16-34-17)18-4-3-5-20(14-18)27-25(29)15-33-22-10-12-23(13-11-22)35(30,31)28-19-6-8-21(32-2)9-7-19/h3-14,16,28H,15H2,1-2H3,(H,27,29). The van der Waals surface area contributed by atoms with Crippen molar-refractivity contribution < 1.29 is 22.7 Å². The number of aryl methyl sites for hydroxylation is 1. The Kier molecular flexibility index (Phi) is 7.33. The fraction of sp³-hybridized carbons (Fsp3) is 0.120. The van der Waals surface area contributed by atoms with Crippen LogP contribution in [-0.4, -0.2) is 33.0 Å². The van der Waals surface area contributed by atoms with Gasteiger partial charge >= 0.3 is 0 Å². The topological polar surface area (TPSA) is 107 Å². The van der Waals surface area contributed by atoms with E-state index in [1.807, 2.05) is 30.5 Å². The lowest BCUT2D eigenvalue weighted by Crippen LogP contribution is -2.20. The molecule has 0 aliphatic heterocycles. The van der Waals surface area contributed by atoms with Crippen LogP contribution in [0.5, 0.6) is 11.5 Å². The number of nitrogens with zero attached hydrogens (tertiary/aromatic N) is 1. The zero-order valence-electron chi connectivity index (χ0n) is 19.0. The largest absolute Gasteiger partial charge is 0.497 e. The molecule has 0 saturated heterocycles. The normalized spacial score (nSPS) is 11.0. The zero-order valence-corrected chi connectivity index (χ0v) is 20.7. The van der Waals surface area contributed by atoms with Crippen molar-refractivity contribution in [3.05, 3.63) is 83.2 Å². The molecule has 0 fully saturated rings. The van der Waals surface area contributed by atoms with Crippen molar-refractivity contribution in [3.63, 3.8) is 0 Å². The number of nitrogens with one attached hydrogen (secondary N) is 2. The van der Waals surface area contributed by atoms with Gasteiger partial charge in [0.2, 0.25) is 0 Å². The highest BCUT2D eigenvalue weighted by Gasteiger charge is 2.15. The van der Waals surface area contributed by atoms with Gasteiger partial charge in [0.1, 0.15) is 11.5 Å². The van der Waals surface area contributed by atoms with Gasteiger partial charge < -0.3 is 14.8 Å². The smallest absolute Gasteiger partial charge is 0.262 e. The highest BCUT2D eigenvalue weighted by Crippen LogP contribution is 2.24. The molecule has 0 spiro atoms. The number of amides is 1. The molecular formula is C25H23N3O5S2. The van der Waals surface area contributed by atoms with Crippen molar-refractivity contribution in [1.82, 2.24) is 4.98 Å². The van der Waals surface area contributed by atoms with Crippen molar-refractivity contribution in [2.75, 3.05) is 23.8 Å². The second-order valence-corrected chi connectivity index (χ2v) is 10.2. The molecule has 180 valence electrons. The number of hydrogen-bond acceptors (Lipinski definition) is 7. The first-order valence-corrected chi connectivity index (χ1v) is 12.9. The molecule has 1 aromatic heterocycles. The Morgan fingerprint density at radius 1 is 0.971 bits per heavy atom. The number of benzene rings is 3. The Hall–Kier alpha value is -3.89. The minimum Gasteiger partial charge on any atom is -0.497 e. The van der Waals surface area contributed by atoms with Gasteiger partial charge in [0.05, 0.1) is 22.7 Å². The lowest BCUT2D eigenvalue weighted by atomic mass is 10.1. The molecule has 1 heterocycles. The van der Waals surface area contributed by atoms with Gasteiger partial charge in [-0.15, -0.1) is 11.3 Å². The van der Waals surface area contributed by atoms with Crippen LogP contribution in [-0.2, 0) is 14.8 Å². The molecule has 1 amide bonds. The molecular weight excluding hydrogens is 486 g/mol. The van der Waals surface area contributed by atoms with Gasteiger partial charge in [0.15, 0.2) is 6.61 Å². The first-order valence-electron chi connectivity index (χ1n) is 10.5. The number of ether oxygens (including phenoxy) is 2. The highest BCUT2D eigenvalue weighted by molar-refractivity contribution is 7.92.